The molecule has 0 aromatic heterocycles. The third-order valence-corrected chi connectivity index (χ3v) is 7.71. The number of anilines is 1. The van der Waals surface area contributed by atoms with Crippen LogP contribution in [0.5, 0.6) is 5.75 Å². The summed E-state index contributed by atoms with van der Waals surface area (Å²) in [7, 11) is -3.54. The van der Waals surface area contributed by atoms with Crippen LogP contribution in [0.3, 0.4) is 0 Å². The normalized spacial score (nSPS) is 17.9. The van der Waals surface area contributed by atoms with E-state index in [-0.39, 0.29) is 23.5 Å². The Morgan fingerprint density at radius 2 is 1.56 bits per heavy atom. The molecule has 2 aliphatic rings. The van der Waals surface area contributed by atoms with E-state index in [1.807, 2.05) is 23.1 Å². The van der Waals surface area contributed by atoms with Gasteiger partial charge in [0.25, 0.3) is 5.91 Å². The number of benzene rings is 2. The van der Waals surface area contributed by atoms with Crippen LogP contribution in [-0.2, 0) is 14.8 Å². The van der Waals surface area contributed by atoms with Crippen molar-refractivity contribution in [3.63, 3.8) is 0 Å². The number of hydrogen-bond donors (Lipinski definition) is 1. The van der Waals surface area contributed by atoms with E-state index < -0.39 is 10.0 Å². The molecule has 0 bridgehead atoms. The Morgan fingerprint density at radius 1 is 0.906 bits per heavy atom. The average Bonchev–Trinajstić information content (AvgIpc) is 2.84. The van der Waals surface area contributed by atoms with Gasteiger partial charge in [0, 0.05) is 37.9 Å². The quantitative estimate of drug-likeness (QED) is 0.692. The van der Waals surface area contributed by atoms with E-state index in [4.69, 9.17) is 4.74 Å². The van der Waals surface area contributed by atoms with Crippen molar-refractivity contribution >= 4 is 21.6 Å². The van der Waals surface area contributed by atoms with Gasteiger partial charge >= 0.3 is 0 Å². The maximum atomic E-state index is 12.6. The smallest absolute Gasteiger partial charge is 0.260 e. The van der Waals surface area contributed by atoms with Gasteiger partial charge in [0.05, 0.1) is 4.90 Å². The maximum absolute atomic E-state index is 12.6. The molecule has 1 heterocycles. The Hall–Kier alpha value is -2.58. The van der Waals surface area contributed by atoms with E-state index in [2.05, 4.69) is 21.8 Å². The van der Waals surface area contributed by atoms with Crippen LogP contribution in [0, 0.1) is 0 Å². The number of piperazine rings is 1. The summed E-state index contributed by atoms with van der Waals surface area (Å²) >= 11 is 0. The van der Waals surface area contributed by atoms with Crippen LogP contribution in [-0.4, -0.2) is 58.1 Å². The van der Waals surface area contributed by atoms with Crippen LogP contribution in [0.1, 0.15) is 32.1 Å². The van der Waals surface area contributed by atoms with Gasteiger partial charge in [0.2, 0.25) is 10.0 Å². The lowest BCUT2D eigenvalue weighted by atomic mass is 9.96. The fourth-order valence-corrected chi connectivity index (χ4v) is 5.62. The fraction of sp³-hybridized carbons (Fsp3) is 0.458. The fourth-order valence-electron chi connectivity index (χ4n) is 4.31. The van der Waals surface area contributed by atoms with Crippen molar-refractivity contribution in [2.75, 3.05) is 37.7 Å². The standard InChI is InChI=1S/C24H31N3O4S/c28-24(27-17-15-26(16-18-27)21-9-5-2-6-10-21)19-31-22-11-13-23(14-12-22)32(29,30)25-20-7-3-1-4-8-20/h2,5-6,9-14,20,25H,1,3-4,7-8,15-19H2. The minimum Gasteiger partial charge on any atom is -0.484 e. The maximum Gasteiger partial charge on any atom is 0.260 e. The molecule has 4 rings (SSSR count). The lowest BCUT2D eigenvalue weighted by Crippen LogP contribution is -2.50. The van der Waals surface area contributed by atoms with Crippen molar-refractivity contribution in [3.8, 4) is 5.75 Å². The lowest BCUT2D eigenvalue weighted by Gasteiger charge is -2.36. The van der Waals surface area contributed by atoms with E-state index in [0.717, 1.165) is 38.8 Å². The van der Waals surface area contributed by atoms with Gasteiger partial charge in [-0.25, -0.2) is 13.1 Å². The Morgan fingerprint density at radius 3 is 2.22 bits per heavy atom. The summed E-state index contributed by atoms with van der Waals surface area (Å²) < 4.78 is 33.6. The van der Waals surface area contributed by atoms with Crippen molar-refractivity contribution in [2.24, 2.45) is 0 Å². The van der Waals surface area contributed by atoms with E-state index in [9.17, 15) is 13.2 Å². The molecule has 1 aliphatic carbocycles. The van der Waals surface area contributed by atoms with Crippen molar-refractivity contribution < 1.29 is 17.9 Å². The molecule has 0 radical (unpaired) electrons. The monoisotopic (exact) mass is 457 g/mol. The van der Waals surface area contributed by atoms with Gasteiger partial charge in [-0.05, 0) is 49.2 Å². The van der Waals surface area contributed by atoms with E-state index in [1.165, 1.54) is 24.2 Å². The first-order valence-corrected chi connectivity index (χ1v) is 12.8. The summed E-state index contributed by atoms with van der Waals surface area (Å²) in [5.74, 6) is 0.422. The molecule has 32 heavy (non-hydrogen) atoms. The highest BCUT2D eigenvalue weighted by atomic mass is 32.2. The summed E-state index contributed by atoms with van der Waals surface area (Å²) in [5.41, 5.74) is 1.17. The molecule has 1 amide bonds. The second kappa shape index (κ2) is 10.4. The molecule has 7 nitrogen and oxygen atoms in total. The third-order valence-electron chi connectivity index (χ3n) is 6.18. The Kier molecular flexibility index (Phi) is 7.32. The predicted molar refractivity (Wildman–Crippen MR) is 124 cm³/mol. The highest BCUT2D eigenvalue weighted by Crippen LogP contribution is 2.21. The van der Waals surface area contributed by atoms with Gasteiger partial charge in [0.1, 0.15) is 5.75 Å². The number of nitrogens with zero attached hydrogens (tertiary/aromatic N) is 2. The number of amides is 1. The van der Waals surface area contributed by atoms with Crippen LogP contribution in [0.15, 0.2) is 59.5 Å². The number of sulfonamides is 1. The largest absolute Gasteiger partial charge is 0.484 e. The summed E-state index contributed by atoms with van der Waals surface area (Å²) in [6, 6.07) is 16.5. The Balaban J connectivity index is 1.25. The van der Waals surface area contributed by atoms with Crippen molar-refractivity contribution in [3.05, 3.63) is 54.6 Å². The molecule has 8 heteroatoms. The highest BCUT2D eigenvalue weighted by molar-refractivity contribution is 7.89. The predicted octanol–water partition coefficient (Wildman–Crippen LogP) is 3.03. The summed E-state index contributed by atoms with van der Waals surface area (Å²) in [6.07, 6.45) is 5.08. The molecular formula is C24H31N3O4S. The molecule has 1 aliphatic heterocycles. The average molecular weight is 458 g/mol. The second-order valence-electron chi connectivity index (χ2n) is 8.42. The van der Waals surface area contributed by atoms with Crippen LogP contribution >= 0.6 is 0 Å². The lowest BCUT2D eigenvalue weighted by molar-refractivity contribution is -0.133. The molecule has 1 N–H and O–H groups in total. The number of hydrogen-bond acceptors (Lipinski definition) is 5. The number of para-hydroxylation sites is 1. The van der Waals surface area contributed by atoms with Crippen LogP contribution in [0.2, 0.25) is 0 Å². The molecule has 0 atom stereocenters. The van der Waals surface area contributed by atoms with Gasteiger partial charge < -0.3 is 14.5 Å². The van der Waals surface area contributed by atoms with Crippen molar-refractivity contribution in [1.29, 1.82) is 0 Å². The van der Waals surface area contributed by atoms with E-state index >= 15 is 0 Å². The van der Waals surface area contributed by atoms with Crippen molar-refractivity contribution in [2.45, 2.75) is 43.0 Å². The number of rotatable bonds is 7. The molecule has 2 aromatic carbocycles. The van der Waals surface area contributed by atoms with Gasteiger partial charge in [-0.15, -0.1) is 0 Å². The van der Waals surface area contributed by atoms with Gasteiger partial charge in [-0.1, -0.05) is 37.5 Å². The molecule has 0 unspecified atom stereocenters. The first-order chi connectivity index (χ1) is 15.5. The van der Waals surface area contributed by atoms with Gasteiger partial charge in [0.15, 0.2) is 6.61 Å². The molecule has 0 spiro atoms. The zero-order valence-electron chi connectivity index (χ0n) is 18.3. The highest BCUT2D eigenvalue weighted by Gasteiger charge is 2.23. The third kappa shape index (κ3) is 5.81. The minimum atomic E-state index is -3.54. The number of carbonyl (C=O) groups excluding carboxylic acids is 1. The Bertz CT molecular complexity index is 982. The van der Waals surface area contributed by atoms with Gasteiger partial charge in [-0.3, -0.25) is 4.79 Å². The van der Waals surface area contributed by atoms with Crippen LogP contribution in [0.4, 0.5) is 5.69 Å². The zero-order valence-corrected chi connectivity index (χ0v) is 19.1. The molecule has 1 saturated heterocycles. The first-order valence-electron chi connectivity index (χ1n) is 11.3. The summed E-state index contributed by atoms with van der Waals surface area (Å²) in [6.45, 7) is 2.83. The van der Waals surface area contributed by atoms with Crippen LogP contribution < -0.4 is 14.4 Å². The summed E-state index contributed by atoms with van der Waals surface area (Å²) in [4.78, 5) is 16.8. The topological polar surface area (TPSA) is 78.9 Å². The van der Waals surface area contributed by atoms with E-state index in [0.29, 0.717) is 18.8 Å². The SMILES string of the molecule is O=C(COc1ccc(S(=O)(=O)NC2CCCCC2)cc1)N1CCN(c2ccccc2)CC1. The molecule has 2 aromatic rings. The second-order valence-corrected chi connectivity index (χ2v) is 10.1. The molecule has 1 saturated carbocycles. The first kappa shape index (κ1) is 22.6. The van der Waals surface area contributed by atoms with Crippen LogP contribution in [0.25, 0.3) is 0 Å². The molecule has 172 valence electrons. The number of nitrogens with one attached hydrogen (secondary N) is 1. The number of carbonyl (C=O) groups is 1. The minimum absolute atomic E-state index is 0.0182. The number of ether oxygens (including phenoxy) is 1. The zero-order chi connectivity index (χ0) is 22.4. The summed E-state index contributed by atoms with van der Waals surface area (Å²) in [5, 5.41) is 0. The molecule has 2 fully saturated rings. The van der Waals surface area contributed by atoms with Gasteiger partial charge in [-0.2, -0.15) is 0 Å². The molecular weight excluding hydrogens is 426 g/mol. The van der Waals surface area contributed by atoms with Crippen molar-refractivity contribution in [1.82, 2.24) is 9.62 Å². The Labute approximate surface area is 190 Å². The van der Waals surface area contributed by atoms with E-state index in [1.54, 1.807) is 12.1 Å².